The number of unbranched alkanes of at least 4 members (excludes halogenated alkanes) is 6. The summed E-state index contributed by atoms with van der Waals surface area (Å²) in [5, 5.41) is 6.97. The maximum atomic E-state index is 3.49. The van der Waals surface area contributed by atoms with E-state index < -0.39 is 0 Å². The standard InChI is InChI=1S/C22H42N2S.2ClH/c1-3-17-23-19-11-8-6-5-7-9-13-21-15-16-22(25-21)14-10-12-20-24-18-4-2;;/h15-16,23-24H,3-14,17-20H2,1-2H3;2*1H. The summed E-state index contributed by atoms with van der Waals surface area (Å²) in [6.45, 7) is 9.20. The number of hydrogen-bond acceptors (Lipinski definition) is 3. The van der Waals surface area contributed by atoms with Crippen LogP contribution in [0.15, 0.2) is 12.1 Å². The van der Waals surface area contributed by atoms with Gasteiger partial charge in [0, 0.05) is 9.75 Å². The fraction of sp³-hybridized carbons (Fsp3) is 0.818. The fourth-order valence-corrected chi connectivity index (χ4v) is 4.20. The molecular formula is C22H44Cl2N2S. The third-order valence-corrected chi connectivity index (χ3v) is 5.83. The van der Waals surface area contributed by atoms with Gasteiger partial charge in [-0.15, -0.1) is 36.2 Å². The van der Waals surface area contributed by atoms with Gasteiger partial charge in [-0.2, -0.15) is 0 Å². The summed E-state index contributed by atoms with van der Waals surface area (Å²) >= 11 is 2.05. The lowest BCUT2D eigenvalue weighted by atomic mass is 10.1. The molecule has 0 unspecified atom stereocenters. The Bertz CT molecular complexity index is 399. The Morgan fingerprint density at radius 3 is 1.52 bits per heavy atom. The Labute approximate surface area is 185 Å². The van der Waals surface area contributed by atoms with Gasteiger partial charge in [-0.05, 0) is 89.7 Å². The molecule has 0 amide bonds. The third-order valence-electron chi connectivity index (χ3n) is 4.62. The van der Waals surface area contributed by atoms with E-state index in [0.717, 1.165) is 0 Å². The van der Waals surface area contributed by atoms with Crippen molar-refractivity contribution in [3.63, 3.8) is 0 Å². The molecule has 0 radical (unpaired) electrons. The molecule has 27 heavy (non-hydrogen) atoms. The highest BCUT2D eigenvalue weighted by Gasteiger charge is 2.01. The van der Waals surface area contributed by atoms with Crippen LogP contribution >= 0.6 is 36.2 Å². The average Bonchev–Trinajstić information content (AvgIpc) is 3.07. The second kappa shape index (κ2) is 22.5. The molecular weight excluding hydrogens is 395 g/mol. The molecule has 2 N–H and O–H groups in total. The molecule has 2 nitrogen and oxygen atoms in total. The van der Waals surface area contributed by atoms with Gasteiger partial charge in [0.25, 0.3) is 0 Å². The first-order valence-electron chi connectivity index (χ1n) is 10.9. The van der Waals surface area contributed by atoms with E-state index in [4.69, 9.17) is 0 Å². The summed E-state index contributed by atoms with van der Waals surface area (Å²) in [4.78, 5) is 3.19. The summed E-state index contributed by atoms with van der Waals surface area (Å²) in [6.07, 6.45) is 16.0. The Morgan fingerprint density at radius 1 is 0.593 bits per heavy atom. The van der Waals surface area contributed by atoms with Gasteiger partial charge in [0.15, 0.2) is 0 Å². The molecule has 1 aromatic rings. The lowest BCUT2D eigenvalue weighted by molar-refractivity contribution is 0.564. The molecule has 5 heteroatoms. The van der Waals surface area contributed by atoms with Crippen molar-refractivity contribution in [1.82, 2.24) is 10.6 Å². The highest BCUT2D eigenvalue weighted by Crippen LogP contribution is 2.21. The number of rotatable bonds is 18. The van der Waals surface area contributed by atoms with Crippen molar-refractivity contribution in [2.45, 2.75) is 90.9 Å². The predicted molar refractivity (Wildman–Crippen MR) is 129 cm³/mol. The van der Waals surface area contributed by atoms with E-state index >= 15 is 0 Å². The van der Waals surface area contributed by atoms with Crippen molar-refractivity contribution < 1.29 is 0 Å². The second-order valence-corrected chi connectivity index (χ2v) is 8.45. The lowest BCUT2D eigenvalue weighted by Gasteiger charge is -2.03. The van der Waals surface area contributed by atoms with Gasteiger partial charge in [-0.3, -0.25) is 0 Å². The maximum absolute atomic E-state index is 3.49. The van der Waals surface area contributed by atoms with E-state index in [-0.39, 0.29) is 24.8 Å². The number of halogens is 2. The van der Waals surface area contributed by atoms with Gasteiger partial charge in [-0.1, -0.05) is 39.5 Å². The quantitative estimate of drug-likeness (QED) is 0.246. The van der Waals surface area contributed by atoms with Crippen LogP contribution in [0.2, 0.25) is 0 Å². The van der Waals surface area contributed by atoms with Gasteiger partial charge >= 0.3 is 0 Å². The Kier molecular flexibility index (Phi) is 24.5. The third kappa shape index (κ3) is 18.0. The largest absolute Gasteiger partial charge is 0.317 e. The van der Waals surface area contributed by atoms with Gasteiger partial charge in [0.2, 0.25) is 0 Å². The number of hydrogen-bond donors (Lipinski definition) is 2. The highest BCUT2D eigenvalue weighted by atomic mass is 35.5. The highest BCUT2D eigenvalue weighted by molar-refractivity contribution is 7.11. The van der Waals surface area contributed by atoms with Crippen molar-refractivity contribution in [3.8, 4) is 0 Å². The molecule has 0 atom stereocenters. The minimum atomic E-state index is 0. The monoisotopic (exact) mass is 438 g/mol. The number of aryl methyl sites for hydroxylation is 2. The molecule has 0 fully saturated rings. The van der Waals surface area contributed by atoms with Crippen LogP contribution in [0.4, 0.5) is 0 Å². The van der Waals surface area contributed by atoms with E-state index in [0.29, 0.717) is 0 Å². The Morgan fingerprint density at radius 2 is 1.00 bits per heavy atom. The molecule has 0 aromatic carbocycles. The van der Waals surface area contributed by atoms with E-state index in [1.165, 1.54) is 103 Å². The molecule has 1 aromatic heterocycles. The summed E-state index contributed by atoms with van der Waals surface area (Å²) in [5.74, 6) is 0. The fourth-order valence-electron chi connectivity index (χ4n) is 3.10. The molecule has 0 bridgehead atoms. The molecule has 162 valence electrons. The summed E-state index contributed by atoms with van der Waals surface area (Å²) < 4.78 is 0. The van der Waals surface area contributed by atoms with Gasteiger partial charge in [-0.25, -0.2) is 0 Å². The number of thiophene rings is 1. The van der Waals surface area contributed by atoms with E-state index in [2.05, 4.69) is 48.0 Å². The molecule has 0 aliphatic heterocycles. The van der Waals surface area contributed by atoms with Crippen LogP contribution in [-0.2, 0) is 12.8 Å². The SMILES string of the molecule is CCCNCCCCCCCCc1ccc(CCCCNCCC)s1.Cl.Cl. The van der Waals surface area contributed by atoms with Gasteiger partial charge in [0.05, 0.1) is 0 Å². The number of nitrogens with one attached hydrogen (secondary N) is 2. The zero-order valence-electron chi connectivity index (χ0n) is 17.7. The van der Waals surface area contributed by atoms with Gasteiger partial charge < -0.3 is 10.6 Å². The van der Waals surface area contributed by atoms with Crippen molar-refractivity contribution in [2.24, 2.45) is 0 Å². The first-order chi connectivity index (χ1) is 12.4. The summed E-state index contributed by atoms with van der Waals surface area (Å²) in [7, 11) is 0. The zero-order valence-corrected chi connectivity index (χ0v) is 20.1. The van der Waals surface area contributed by atoms with E-state index in [1.807, 2.05) is 0 Å². The van der Waals surface area contributed by atoms with Crippen LogP contribution in [0.25, 0.3) is 0 Å². The molecule has 0 aliphatic rings. The first-order valence-corrected chi connectivity index (χ1v) is 11.7. The van der Waals surface area contributed by atoms with Crippen molar-refractivity contribution in [1.29, 1.82) is 0 Å². The molecule has 1 rings (SSSR count). The zero-order chi connectivity index (χ0) is 18.0. The molecule has 0 spiro atoms. The first kappa shape index (κ1) is 29.4. The predicted octanol–water partition coefficient (Wildman–Crippen LogP) is 6.80. The van der Waals surface area contributed by atoms with Crippen molar-refractivity contribution >= 4 is 36.2 Å². The van der Waals surface area contributed by atoms with Crippen LogP contribution < -0.4 is 10.6 Å². The lowest BCUT2D eigenvalue weighted by Crippen LogP contribution is -2.15. The molecule has 1 heterocycles. The molecule has 0 aliphatic carbocycles. The van der Waals surface area contributed by atoms with Gasteiger partial charge in [0.1, 0.15) is 0 Å². The van der Waals surface area contributed by atoms with E-state index in [9.17, 15) is 0 Å². The molecule has 0 saturated heterocycles. The Balaban J connectivity index is 0. The topological polar surface area (TPSA) is 24.1 Å². The van der Waals surface area contributed by atoms with Crippen molar-refractivity contribution in [2.75, 3.05) is 26.2 Å². The van der Waals surface area contributed by atoms with E-state index in [1.54, 1.807) is 9.75 Å². The normalized spacial score (nSPS) is 10.4. The second-order valence-electron chi connectivity index (χ2n) is 7.20. The van der Waals surface area contributed by atoms with Crippen LogP contribution in [0.3, 0.4) is 0 Å². The smallest absolute Gasteiger partial charge is 0.00481 e. The van der Waals surface area contributed by atoms with Crippen LogP contribution in [0, 0.1) is 0 Å². The maximum Gasteiger partial charge on any atom is 0.00481 e. The summed E-state index contributed by atoms with van der Waals surface area (Å²) in [5.41, 5.74) is 0. The average molecular weight is 440 g/mol. The van der Waals surface area contributed by atoms with Crippen LogP contribution in [-0.4, -0.2) is 26.2 Å². The molecule has 0 saturated carbocycles. The minimum Gasteiger partial charge on any atom is -0.317 e. The van der Waals surface area contributed by atoms with Crippen LogP contribution in [0.1, 0.15) is 87.8 Å². The van der Waals surface area contributed by atoms with Crippen molar-refractivity contribution in [3.05, 3.63) is 21.9 Å². The Hall–Kier alpha value is 0.200. The van der Waals surface area contributed by atoms with Crippen LogP contribution in [0.5, 0.6) is 0 Å². The summed E-state index contributed by atoms with van der Waals surface area (Å²) in [6, 6.07) is 4.73. The minimum absolute atomic E-state index is 0.